The molecule has 136 valence electrons. The maximum atomic E-state index is 12.4. The van der Waals surface area contributed by atoms with Crippen molar-refractivity contribution in [1.29, 1.82) is 0 Å². The Morgan fingerprint density at radius 3 is 2.80 bits per heavy atom. The molecule has 0 amide bonds. The van der Waals surface area contributed by atoms with Crippen LogP contribution in [-0.2, 0) is 14.9 Å². The number of sulfonamides is 1. The monoisotopic (exact) mass is 375 g/mol. The van der Waals surface area contributed by atoms with Gasteiger partial charge in [-0.2, -0.15) is 13.2 Å². The average molecular weight is 375 g/mol. The van der Waals surface area contributed by atoms with Crippen LogP contribution in [0.3, 0.4) is 0 Å². The maximum Gasteiger partial charge on any atom is 0.390 e. The van der Waals surface area contributed by atoms with Crippen LogP contribution in [-0.4, -0.2) is 40.8 Å². The number of fused-ring (bicyclic) bond motifs is 1. The molecule has 10 heteroatoms. The molecule has 0 fully saturated rings. The van der Waals surface area contributed by atoms with Crippen molar-refractivity contribution in [3.63, 3.8) is 0 Å². The van der Waals surface area contributed by atoms with Crippen molar-refractivity contribution in [2.75, 3.05) is 5.75 Å². The molecule has 0 radical (unpaired) electrons. The quantitative estimate of drug-likeness (QED) is 0.890. The number of nitrogens with one attached hydrogen (secondary N) is 1. The van der Waals surface area contributed by atoms with Gasteiger partial charge in [0.05, 0.1) is 29.2 Å². The minimum absolute atomic E-state index is 0.316. The predicted molar refractivity (Wildman–Crippen MR) is 85.5 cm³/mol. The van der Waals surface area contributed by atoms with E-state index >= 15 is 0 Å². The van der Waals surface area contributed by atoms with Gasteiger partial charge in [-0.1, -0.05) is 0 Å². The van der Waals surface area contributed by atoms with E-state index in [4.69, 9.17) is 4.84 Å². The molecule has 0 saturated heterocycles. The van der Waals surface area contributed by atoms with Crippen LogP contribution in [0.15, 0.2) is 30.3 Å². The molecular weight excluding hydrogens is 359 g/mol. The summed E-state index contributed by atoms with van der Waals surface area (Å²) in [7, 11) is -4.23. The zero-order chi connectivity index (χ0) is 18.4. The van der Waals surface area contributed by atoms with Gasteiger partial charge in [-0.25, -0.2) is 8.42 Å². The number of hydroxylamine groups is 1. The highest BCUT2D eigenvalue weighted by Crippen LogP contribution is 2.36. The van der Waals surface area contributed by atoms with Crippen LogP contribution in [0.25, 0.3) is 16.6 Å². The largest absolute Gasteiger partial charge is 0.395 e. The number of aromatic amines is 1. The highest BCUT2D eigenvalue weighted by Gasteiger charge is 2.41. The summed E-state index contributed by atoms with van der Waals surface area (Å²) >= 11 is 0. The summed E-state index contributed by atoms with van der Waals surface area (Å²) in [6.45, 7) is 3.14. The molecule has 0 bridgehead atoms. The molecule has 1 aliphatic rings. The summed E-state index contributed by atoms with van der Waals surface area (Å²) in [5.41, 5.74) is 2.74. The van der Waals surface area contributed by atoms with Crippen molar-refractivity contribution in [2.24, 2.45) is 0 Å². The Kier molecular flexibility index (Phi) is 4.28. The Morgan fingerprint density at radius 2 is 2.12 bits per heavy atom. The molecule has 1 atom stereocenters. The molecule has 1 N–H and O–H groups in total. The average Bonchev–Trinajstić information content (AvgIpc) is 3.08. The molecule has 3 rings (SSSR count). The number of nitrogens with zero attached hydrogens (tertiary/aromatic N) is 2. The van der Waals surface area contributed by atoms with Crippen molar-refractivity contribution in [3.8, 4) is 0 Å². The van der Waals surface area contributed by atoms with E-state index in [1.165, 1.54) is 0 Å². The Bertz CT molecular complexity index is 934. The molecular formula is C15H16F3N3O3S. The van der Waals surface area contributed by atoms with Crippen LogP contribution in [0, 0.1) is 0 Å². The minimum Gasteiger partial charge on any atom is -0.395 e. The summed E-state index contributed by atoms with van der Waals surface area (Å²) < 4.78 is 62.2. The number of halogens is 3. The van der Waals surface area contributed by atoms with Crippen molar-refractivity contribution < 1.29 is 26.4 Å². The first-order valence-electron chi connectivity index (χ1n) is 7.49. The standard InChI is InChI=1S/C15H16F3N3O3S/c1-9-14(11-7-13-12(20-8-11)3-5-19-13)10(2)24-21(9)25(22,23)6-4-15(16,17)18/h3,5,7-9,19H,4,6H2,1-2H3. The fourth-order valence-corrected chi connectivity index (χ4v) is 4.30. The van der Waals surface area contributed by atoms with E-state index in [1.54, 1.807) is 38.4 Å². The molecule has 2 aromatic heterocycles. The number of hydrogen-bond donors (Lipinski definition) is 1. The summed E-state index contributed by atoms with van der Waals surface area (Å²) in [6, 6.07) is 2.84. The first kappa shape index (κ1) is 17.7. The second-order valence-electron chi connectivity index (χ2n) is 5.81. The Balaban J connectivity index is 1.87. The summed E-state index contributed by atoms with van der Waals surface area (Å²) in [6.07, 6.45) is -2.66. The van der Waals surface area contributed by atoms with Gasteiger partial charge in [0.2, 0.25) is 10.0 Å². The lowest BCUT2D eigenvalue weighted by atomic mass is 10.0. The maximum absolute atomic E-state index is 12.4. The van der Waals surface area contributed by atoms with Crippen LogP contribution in [0.2, 0.25) is 0 Å². The van der Waals surface area contributed by atoms with Crippen molar-refractivity contribution >= 4 is 26.6 Å². The Hall–Kier alpha value is -2.07. The van der Waals surface area contributed by atoms with E-state index in [-0.39, 0.29) is 0 Å². The summed E-state index contributed by atoms with van der Waals surface area (Å²) in [5.74, 6) is -0.745. The normalized spacial score (nSPS) is 19.6. The van der Waals surface area contributed by atoms with Gasteiger partial charge in [0.15, 0.2) is 0 Å². The zero-order valence-electron chi connectivity index (χ0n) is 13.5. The molecule has 0 aromatic carbocycles. The third-order valence-electron chi connectivity index (χ3n) is 3.97. The van der Waals surface area contributed by atoms with E-state index in [2.05, 4.69) is 9.97 Å². The highest BCUT2D eigenvalue weighted by atomic mass is 32.2. The molecule has 2 aromatic rings. The number of alkyl halides is 3. The van der Waals surface area contributed by atoms with E-state index < -0.39 is 34.4 Å². The molecule has 0 saturated carbocycles. The van der Waals surface area contributed by atoms with Crippen LogP contribution < -0.4 is 0 Å². The van der Waals surface area contributed by atoms with Gasteiger partial charge in [0.1, 0.15) is 5.76 Å². The molecule has 0 aliphatic carbocycles. The highest BCUT2D eigenvalue weighted by molar-refractivity contribution is 7.89. The summed E-state index contributed by atoms with van der Waals surface area (Å²) in [5, 5.41) is 0. The van der Waals surface area contributed by atoms with E-state index in [1.807, 2.05) is 0 Å². The molecule has 1 aliphatic heterocycles. The van der Waals surface area contributed by atoms with Gasteiger partial charge in [0.25, 0.3) is 0 Å². The van der Waals surface area contributed by atoms with Crippen molar-refractivity contribution in [1.82, 2.24) is 14.4 Å². The third kappa shape index (κ3) is 3.49. The smallest absolute Gasteiger partial charge is 0.390 e. The topological polar surface area (TPSA) is 75.3 Å². The first-order chi connectivity index (χ1) is 11.6. The minimum atomic E-state index is -4.55. The Labute approximate surface area is 142 Å². The van der Waals surface area contributed by atoms with E-state index in [0.717, 1.165) is 11.0 Å². The second-order valence-corrected chi connectivity index (χ2v) is 7.74. The second kappa shape index (κ2) is 6.03. The van der Waals surface area contributed by atoms with Gasteiger partial charge < -0.3 is 9.82 Å². The molecule has 6 nitrogen and oxygen atoms in total. The van der Waals surface area contributed by atoms with Crippen molar-refractivity contribution in [3.05, 3.63) is 35.8 Å². The molecule has 1 unspecified atom stereocenters. The lowest BCUT2D eigenvalue weighted by Crippen LogP contribution is -2.37. The van der Waals surface area contributed by atoms with Crippen LogP contribution in [0.5, 0.6) is 0 Å². The van der Waals surface area contributed by atoms with E-state index in [9.17, 15) is 21.6 Å². The first-order valence-corrected chi connectivity index (χ1v) is 9.10. The third-order valence-corrected chi connectivity index (χ3v) is 5.63. The van der Waals surface area contributed by atoms with Crippen LogP contribution in [0.4, 0.5) is 13.2 Å². The number of pyridine rings is 1. The van der Waals surface area contributed by atoms with Gasteiger partial charge in [-0.3, -0.25) is 4.98 Å². The van der Waals surface area contributed by atoms with Gasteiger partial charge in [-0.15, -0.1) is 0 Å². The number of aromatic nitrogens is 2. The number of allylic oxidation sites excluding steroid dienone is 1. The molecule has 0 spiro atoms. The molecule has 3 heterocycles. The van der Waals surface area contributed by atoms with Gasteiger partial charge in [-0.05, 0) is 30.4 Å². The van der Waals surface area contributed by atoms with Gasteiger partial charge in [0, 0.05) is 23.5 Å². The lowest BCUT2D eigenvalue weighted by molar-refractivity contribution is -0.130. The Morgan fingerprint density at radius 1 is 1.40 bits per heavy atom. The summed E-state index contributed by atoms with van der Waals surface area (Å²) in [4.78, 5) is 12.6. The predicted octanol–water partition coefficient (Wildman–Crippen LogP) is 3.21. The molecule has 25 heavy (non-hydrogen) atoms. The lowest BCUT2D eigenvalue weighted by Gasteiger charge is -2.21. The fourth-order valence-electron chi connectivity index (χ4n) is 2.82. The zero-order valence-corrected chi connectivity index (χ0v) is 14.3. The van der Waals surface area contributed by atoms with Crippen LogP contribution in [0.1, 0.15) is 25.8 Å². The number of rotatable bonds is 4. The van der Waals surface area contributed by atoms with Crippen molar-refractivity contribution in [2.45, 2.75) is 32.5 Å². The van der Waals surface area contributed by atoms with E-state index in [0.29, 0.717) is 21.4 Å². The van der Waals surface area contributed by atoms with Crippen LogP contribution >= 0.6 is 0 Å². The number of H-pyrrole nitrogens is 1. The SMILES string of the molecule is CC1=C(c2cnc3cc[nH]c3c2)C(C)N(S(=O)(=O)CCC(F)(F)F)O1. The van der Waals surface area contributed by atoms with Gasteiger partial charge >= 0.3 is 6.18 Å². The fraction of sp³-hybridized carbons (Fsp3) is 0.400. The number of hydrogen-bond acceptors (Lipinski definition) is 4.